The molecule has 5 aliphatic rings. The molecule has 10 rings (SSSR count). The molecule has 3 saturated heterocycles. The van der Waals surface area contributed by atoms with Gasteiger partial charge in [0.2, 0.25) is 17.8 Å². The molecule has 3 aromatic heterocycles. The lowest BCUT2D eigenvalue weighted by molar-refractivity contribution is -0.409. The van der Waals surface area contributed by atoms with Crippen LogP contribution in [0.3, 0.4) is 0 Å². The molecule has 0 radical (unpaired) electrons. The lowest BCUT2D eigenvalue weighted by Crippen LogP contribution is -2.70. The highest BCUT2D eigenvalue weighted by molar-refractivity contribution is 6.01. The van der Waals surface area contributed by atoms with Gasteiger partial charge in [-0.1, -0.05) is 19.1 Å². The van der Waals surface area contributed by atoms with Crippen molar-refractivity contribution in [1.82, 2.24) is 34.5 Å². The highest BCUT2D eigenvalue weighted by Gasteiger charge is 2.56. The Morgan fingerprint density at radius 2 is 1.71 bits per heavy atom. The van der Waals surface area contributed by atoms with E-state index in [-0.39, 0.29) is 41.8 Å². The second kappa shape index (κ2) is 17.2. The van der Waals surface area contributed by atoms with Crippen LogP contribution in [0.25, 0.3) is 16.9 Å². The zero-order valence-electron chi connectivity index (χ0n) is 37.0. The van der Waals surface area contributed by atoms with Crippen LogP contribution in [-0.2, 0) is 22.6 Å². The maximum absolute atomic E-state index is 15.3. The van der Waals surface area contributed by atoms with Crippen LogP contribution in [0.4, 0.5) is 33.1 Å². The van der Waals surface area contributed by atoms with Crippen molar-refractivity contribution in [3.05, 3.63) is 101 Å². The van der Waals surface area contributed by atoms with Crippen LogP contribution in [-0.4, -0.2) is 107 Å². The minimum absolute atomic E-state index is 0.106. The number of hydrogen-bond acceptors (Lipinski definition) is 14. The minimum atomic E-state index is -2.95. The molecule has 66 heavy (non-hydrogen) atoms. The summed E-state index contributed by atoms with van der Waals surface area (Å²) in [4.78, 5) is 57.2. The van der Waals surface area contributed by atoms with Gasteiger partial charge < -0.3 is 35.8 Å². The normalized spacial score (nSPS) is 20.9. The number of aromatic nitrogens is 5. The van der Waals surface area contributed by atoms with Crippen molar-refractivity contribution in [3.63, 3.8) is 0 Å². The Balaban J connectivity index is 0.731. The number of imide groups is 1. The molecule has 6 heterocycles. The molecule has 346 valence electrons. The van der Waals surface area contributed by atoms with Crippen molar-refractivity contribution in [3.8, 4) is 5.82 Å². The van der Waals surface area contributed by atoms with E-state index in [1.807, 2.05) is 35.2 Å². The van der Waals surface area contributed by atoms with Crippen LogP contribution in [0.2, 0.25) is 0 Å². The maximum Gasteiger partial charge on any atom is 0.346 e. The monoisotopic (exact) mass is 901 g/mol. The Morgan fingerprint density at radius 3 is 2.41 bits per heavy atom. The lowest BCUT2D eigenvalue weighted by Gasteiger charge is -2.62. The summed E-state index contributed by atoms with van der Waals surface area (Å²) in [7, 11) is 0. The Kier molecular flexibility index (Phi) is 11.4. The molecule has 3 aliphatic heterocycles. The van der Waals surface area contributed by atoms with Gasteiger partial charge in [0.05, 0.1) is 12.2 Å². The van der Waals surface area contributed by atoms with Crippen LogP contribution in [0, 0.1) is 17.2 Å². The van der Waals surface area contributed by atoms with Gasteiger partial charge >= 0.3 is 6.10 Å². The number of nitrogens with zero attached hydrogens (tertiary/aromatic N) is 8. The molecular formula is C48H56FN11O6. The Bertz CT molecular complexity index is 2730. The summed E-state index contributed by atoms with van der Waals surface area (Å²) in [5, 5.41) is 40.5. The topological polar surface area (TPSA) is 206 Å². The molecule has 17 nitrogen and oxygen atoms in total. The van der Waals surface area contributed by atoms with E-state index in [1.165, 1.54) is 16.5 Å². The zero-order valence-corrected chi connectivity index (χ0v) is 37.0. The highest BCUT2D eigenvalue weighted by Crippen LogP contribution is 2.52. The number of carbonyl (C=O) groups is 2. The second-order valence-corrected chi connectivity index (χ2v) is 18.9. The van der Waals surface area contributed by atoms with Gasteiger partial charge in [-0.2, -0.15) is 4.98 Å². The number of aryl methyl sites for hydroxylation is 1. The van der Waals surface area contributed by atoms with Gasteiger partial charge in [-0.05, 0) is 111 Å². The van der Waals surface area contributed by atoms with E-state index >= 15 is 4.39 Å². The third-order valence-corrected chi connectivity index (χ3v) is 14.5. The fraction of sp³-hybridized carbons (Fsp3) is 0.458. The number of nitrogens with one attached hydrogen (secondary N) is 3. The van der Waals surface area contributed by atoms with Crippen molar-refractivity contribution in [2.75, 3.05) is 53.2 Å². The fourth-order valence-electron chi connectivity index (χ4n) is 10.9. The van der Waals surface area contributed by atoms with Crippen LogP contribution < -0.4 is 31.3 Å². The molecule has 4 fully saturated rings. The van der Waals surface area contributed by atoms with E-state index in [9.17, 15) is 29.7 Å². The van der Waals surface area contributed by atoms with Crippen molar-refractivity contribution in [2.45, 2.75) is 95.4 Å². The summed E-state index contributed by atoms with van der Waals surface area (Å²) in [5.74, 6) is 0.362. The van der Waals surface area contributed by atoms with Crippen LogP contribution in [0.15, 0.2) is 78.2 Å². The number of rotatable bonds is 14. The quantitative estimate of drug-likeness (QED) is 0.0517. The lowest BCUT2D eigenvalue weighted by atomic mass is 9.60. The van der Waals surface area contributed by atoms with E-state index in [1.54, 1.807) is 33.8 Å². The van der Waals surface area contributed by atoms with Crippen molar-refractivity contribution >= 4 is 51.5 Å². The predicted molar refractivity (Wildman–Crippen MR) is 247 cm³/mol. The smallest absolute Gasteiger partial charge is 0.346 e. The molecule has 2 amide bonds. The van der Waals surface area contributed by atoms with E-state index in [4.69, 9.17) is 9.97 Å². The molecule has 6 N–H and O–H groups in total. The van der Waals surface area contributed by atoms with Crippen molar-refractivity contribution in [1.29, 1.82) is 0 Å². The first kappa shape index (κ1) is 43.7. The van der Waals surface area contributed by atoms with Gasteiger partial charge in [0.1, 0.15) is 17.2 Å². The Labute approximate surface area is 380 Å². The molecule has 2 atom stereocenters. The van der Waals surface area contributed by atoms with Gasteiger partial charge in [0.15, 0.2) is 11.5 Å². The van der Waals surface area contributed by atoms with Gasteiger partial charge in [0, 0.05) is 85.5 Å². The Morgan fingerprint density at radius 1 is 0.955 bits per heavy atom. The Hall–Kier alpha value is -6.21. The summed E-state index contributed by atoms with van der Waals surface area (Å²) in [6, 6.07) is 16.0. The molecule has 1 saturated carbocycles. The van der Waals surface area contributed by atoms with E-state index in [0.29, 0.717) is 79.0 Å². The number of anilines is 5. The van der Waals surface area contributed by atoms with E-state index in [2.05, 4.69) is 45.4 Å². The highest BCUT2D eigenvalue weighted by atomic mass is 19.1. The number of piperidine rings is 2. The summed E-state index contributed by atoms with van der Waals surface area (Å²) in [5.41, 5.74) is 5.23. The van der Waals surface area contributed by atoms with Crippen molar-refractivity contribution < 1.29 is 29.3 Å². The number of halogens is 1. The SMILES string of the molecule is C=CCn1c(=O)c2cnc(Nc3ccc(N4CCC(CN(C5CC6(C5)CN(c5ccc(NC7CCC(=O)NC7=O)cc5F)C6)C(O)(O)O)CC4)cc3)nc2n1-c1ccc2c(n1)C(CC)CC2. The number of benzene rings is 2. The molecule has 18 heteroatoms. The fourth-order valence-corrected chi connectivity index (χ4v) is 10.9. The first-order valence-electron chi connectivity index (χ1n) is 23.1. The van der Waals surface area contributed by atoms with Gasteiger partial charge in [-0.15, -0.1) is 6.58 Å². The molecule has 2 aliphatic carbocycles. The number of carbonyl (C=O) groups excluding carboxylic acids is 2. The number of fused-ring (bicyclic) bond motifs is 2. The predicted octanol–water partition coefficient (Wildman–Crippen LogP) is 4.48. The first-order chi connectivity index (χ1) is 31.8. The minimum Gasteiger partial charge on any atom is -0.374 e. The molecule has 5 aromatic rings. The average Bonchev–Trinajstić information content (AvgIpc) is 3.80. The van der Waals surface area contributed by atoms with Gasteiger partial charge in [-0.3, -0.25) is 19.7 Å². The molecule has 1 spiro atoms. The average molecular weight is 902 g/mol. The summed E-state index contributed by atoms with van der Waals surface area (Å²) < 4.78 is 18.6. The summed E-state index contributed by atoms with van der Waals surface area (Å²) in [6.07, 6.45) is 6.83. The van der Waals surface area contributed by atoms with Gasteiger partial charge in [-0.25, -0.2) is 28.6 Å². The zero-order chi connectivity index (χ0) is 45.9. The van der Waals surface area contributed by atoms with Crippen molar-refractivity contribution in [2.24, 2.45) is 11.3 Å². The molecular weight excluding hydrogens is 846 g/mol. The number of hydrogen-bond donors (Lipinski definition) is 6. The second-order valence-electron chi connectivity index (χ2n) is 18.9. The third kappa shape index (κ3) is 8.31. The molecule has 2 unspecified atom stereocenters. The number of pyridine rings is 1. The molecule has 2 aromatic carbocycles. The first-order valence-corrected chi connectivity index (χ1v) is 23.1. The number of aliphatic hydroxyl groups is 3. The number of allylic oxidation sites excluding steroid dienone is 1. The number of amides is 2. The van der Waals surface area contributed by atoms with E-state index < -0.39 is 23.9 Å². The van der Waals surface area contributed by atoms with E-state index in [0.717, 1.165) is 62.3 Å². The van der Waals surface area contributed by atoms with Crippen LogP contribution in [0.1, 0.15) is 75.5 Å². The largest absolute Gasteiger partial charge is 0.374 e. The van der Waals surface area contributed by atoms with Crippen LogP contribution >= 0.6 is 0 Å². The standard InChI is InChI=1S/C48H56FN11O6/c1-3-19-59-45(63)36-25-50-46(55-43(36)60(59)40-15-7-31-6-5-30(4-2)42(31)53-40)52-32-8-11-34(12-9-32)56-20-17-29(18-21-56)26-58(48(64,65)66)35-23-47(24-35)27-57(28-47)39-14-10-33(22-37(39)49)51-38-13-16-41(61)54-44(38)62/h3,7-12,14-15,22,25,29-30,35,38,51,64-66H,1,4-6,13,16-21,23-24,26-28H2,2H3,(H,50,52,55)(H,54,61,62). The third-order valence-electron chi connectivity index (χ3n) is 14.5. The summed E-state index contributed by atoms with van der Waals surface area (Å²) >= 11 is 0. The van der Waals surface area contributed by atoms with Gasteiger partial charge in [0.25, 0.3) is 5.56 Å². The molecule has 0 bridgehead atoms. The summed E-state index contributed by atoms with van der Waals surface area (Å²) in [6.45, 7) is 9.40. The maximum atomic E-state index is 15.3. The van der Waals surface area contributed by atoms with Crippen LogP contribution in [0.5, 0.6) is 0 Å².